The third kappa shape index (κ3) is 4.69. The van der Waals surface area contributed by atoms with Crippen molar-refractivity contribution >= 4 is 11.1 Å². The van der Waals surface area contributed by atoms with Crippen LogP contribution in [0.25, 0.3) is 0 Å². The first-order valence-corrected chi connectivity index (χ1v) is 8.55. The van der Waals surface area contributed by atoms with Crippen molar-refractivity contribution in [2.24, 2.45) is 0 Å². The van der Waals surface area contributed by atoms with E-state index >= 15 is 0 Å². The Hall–Kier alpha value is -0.710. The monoisotopic (exact) mass is 297 g/mol. The van der Waals surface area contributed by atoms with Gasteiger partial charge in [0.1, 0.15) is 0 Å². The first-order chi connectivity index (χ1) is 9.51. The van der Waals surface area contributed by atoms with Crippen LogP contribution >= 0.6 is 0 Å². The van der Waals surface area contributed by atoms with Crippen LogP contribution in [0.5, 0.6) is 0 Å². The minimum absolute atomic E-state index is 0.411. The predicted molar refractivity (Wildman–Crippen MR) is 87.2 cm³/mol. The lowest BCUT2D eigenvalue weighted by atomic mass is 9.96. The third-order valence-electron chi connectivity index (χ3n) is 3.91. The van der Waals surface area contributed by atoms with E-state index in [0.29, 0.717) is 12.5 Å². The van der Waals surface area contributed by atoms with E-state index in [0.717, 1.165) is 31.5 Å². The van der Waals surface area contributed by atoms with Gasteiger partial charge in [-0.25, -0.2) is 4.21 Å². The second-order valence-corrected chi connectivity index (χ2v) is 6.34. The molecule has 0 radical (unpaired) electrons. The Morgan fingerprint density at radius 3 is 2.75 bits per heavy atom. The normalized spacial score (nSPS) is 27.4. The number of nitrogens with zero attached hydrogens (tertiary/aromatic N) is 1. The fourth-order valence-corrected chi connectivity index (χ4v) is 3.25. The Labute approximate surface area is 125 Å². The van der Waals surface area contributed by atoms with Crippen molar-refractivity contribution in [2.45, 2.75) is 51.3 Å². The first-order valence-electron chi connectivity index (χ1n) is 7.38. The molecule has 4 heteroatoms. The van der Waals surface area contributed by atoms with Gasteiger partial charge in [-0.2, -0.15) is 0 Å². The molecule has 20 heavy (non-hydrogen) atoms. The van der Waals surface area contributed by atoms with Gasteiger partial charge in [0.15, 0.2) is 11.1 Å². The number of hydrogen-bond acceptors (Lipinski definition) is 2. The summed E-state index contributed by atoms with van der Waals surface area (Å²) in [6.45, 7) is 12.7. The predicted octanol–water partition coefficient (Wildman–Crippen LogP) is 3.53. The zero-order valence-electron chi connectivity index (χ0n) is 12.8. The van der Waals surface area contributed by atoms with Gasteiger partial charge in [0, 0.05) is 6.04 Å². The van der Waals surface area contributed by atoms with E-state index in [1.807, 2.05) is 12.2 Å². The van der Waals surface area contributed by atoms with Gasteiger partial charge >= 0.3 is 0 Å². The Balaban J connectivity index is 2.81. The molecule has 0 aromatic carbocycles. The maximum Gasteiger partial charge on any atom is 0.164 e. The van der Waals surface area contributed by atoms with E-state index in [9.17, 15) is 8.76 Å². The number of hydrogen-bond donors (Lipinski definition) is 1. The molecule has 3 atom stereocenters. The lowest BCUT2D eigenvalue weighted by Gasteiger charge is -2.30. The van der Waals surface area contributed by atoms with E-state index in [4.69, 9.17) is 0 Å². The standard InChI is InChI=1S/C16H27NO2S/c1-5-12-17(6-2)14(4)15-8-7-9-16(20(18)19)13(3)10-11-15/h7,9,11,14,16H,3,5-6,8,10,12H2,1-2,4H3,(H,18,19)/b9-7-,15-11+/t14-,16+/m0/s1. The molecular formula is C16H27NO2S. The van der Waals surface area contributed by atoms with Crippen LogP contribution < -0.4 is 0 Å². The lowest BCUT2D eigenvalue weighted by Crippen LogP contribution is -2.35. The van der Waals surface area contributed by atoms with Crippen LogP contribution in [0.1, 0.15) is 40.0 Å². The highest BCUT2D eigenvalue weighted by Gasteiger charge is 2.19. The van der Waals surface area contributed by atoms with Crippen molar-refractivity contribution < 1.29 is 8.76 Å². The van der Waals surface area contributed by atoms with Crippen LogP contribution in [0, 0.1) is 0 Å². The van der Waals surface area contributed by atoms with Crippen molar-refractivity contribution in [3.8, 4) is 0 Å². The summed E-state index contributed by atoms with van der Waals surface area (Å²) >= 11 is -1.86. The maximum absolute atomic E-state index is 11.3. The third-order valence-corrected chi connectivity index (χ3v) is 4.84. The average molecular weight is 297 g/mol. The molecule has 0 saturated carbocycles. The molecule has 3 nitrogen and oxygen atoms in total. The SMILES string of the molecule is C=C1C/C=C(/[C@H](C)N(CC)CCC)C/C=C\[C@H]1S(=O)O. The molecule has 114 valence electrons. The van der Waals surface area contributed by atoms with Gasteiger partial charge < -0.3 is 4.55 Å². The van der Waals surface area contributed by atoms with Crippen LogP contribution in [-0.2, 0) is 11.1 Å². The second-order valence-electron chi connectivity index (χ2n) is 5.28. The minimum atomic E-state index is -1.86. The topological polar surface area (TPSA) is 40.5 Å². The van der Waals surface area contributed by atoms with Crippen LogP contribution in [0.15, 0.2) is 36.0 Å². The van der Waals surface area contributed by atoms with Gasteiger partial charge in [-0.1, -0.05) is 49.8 Å². The van der Waals surface area contributed by atoms with Gasteiger partial charge in [0.2, 0.25) is 0 Å². The van der Waals surface area contributed by atoms with E-state index in [2.05, 4.69) is 38.3 Å². The Kier molecular flexibility index (Phi) is 7.41. The fraction of sp³-hybridized carbons (Fsp3) is 0.625. The van der Waals surface area contributed by atoms with E-state index < -0.39 is 16.3 Å². The van der Waals surface area contributed by atoms with Crippen LogP contribution in [0.2, 0.25) is 0 Å². The quantitative estimate of drug-likeness (QED) is 0.602. The largest absolute Gasteiger partial charge is 0.305 e. The average Bonchev–Trinajstić information content (AvgIpc) is 2.39. The molecule has 0 aliphatic heterocycles. The smallest absolute Gasteiger partial charge is 0.164 e. The van der Waals surface area contributed by atoms with E-state index in [1.54, 1.807) is 0 Å². The van der Waals surface area contributed by atoms with Crippen molar-refractivity contribution in [3.63, 3.8) is 0 Å². The van der Waals surface area contributed by atoms with Crippen LogP contribution in [0.4, 0.5) is 0 Å². The van der Waals surface area contributed by atoms with Gasteiger partial charge in [0.25, 0.3) is 0 Å². The molecule has 1 aliphatic carbocycles. The van der Waals surface area contributed by atoms with E-state index in [1.165, 1.54) is 5.57 Å². The van der Waals surface area contributed by atoms with Crippen molar-refractivity contribution in [2.75, 3.05) is 13.1 Å². The van der Waals surface area contributed by atoms with Gasteiger partial charge in [-0.05, 0) is 39.3 Å². The summed E-state index contributed by atoms with van der Waals surface area (Å²) in [4.78, 5) is 2.46. The molecule has 0 bridgehead atoms. The van der Waals surface area contributed by atoms with Gasteiger partial charge in [-0.15, -0.1) is 0 Å². The van der Waals surface area contributed by atoms with Crippen molar-refractivity contribution in [1.29, 1.82) is 0 Å². The summed E-state index contributed by atoms with van der Waals surface area (Å²) in [5.41, 5.74) is 2.19. The first kappa shape index (κ1) is 17.3. The Bertz CT molecular complexity index is 415. The highest BCUT2D eigenvalue weighted by atomic mass is 32.2. The van der Waals surface area contributed by atoms with Crippen molar-refractivity contribution in [1.82, 2.24) is 4.90 Å². The van der Waals surface area contributed by atoms with Crippen molar-refractivity contribution in [3.05, 3.63) is 36.0 Å². The highest BCUT2D eigenvalue weighted by Crippen LogP contribution is 2.23. The number of likely N-dealkylation sites (N-methyl/N-ethyl adjacent to an activating group) is 1. The van der Waals surface area contributed by atoms with Crippen LogP contribution in [-0.4, -0.2) is 38.0 Å². The molecule has 0 saturated heterocycles. The Morgan fingerprint density at radius 1 is 1.50 bits per heavy atom. The molecule has 0 aromatic heterocycles. The molecular weight excluding hydrogens is 270 g/mol. The molecule has 0 aromatic rings. The summed E-state index contributed by atoms with van der Waals surface area (Å²) in [5, 5.41) is -0.430. The van der Waals surface area contributed by atoms with Gasteiger partial charge in [0.05, 0.1) is 5.25 Å². The van der Waals surface area contributed by atoms with Crippen LogP contribution in [0.3, 0.4) is 0 Å². The summed E-state index contributed by atoms with van der Waals surface area (Å²) in [5.74, 6) is 0. The number of rotatable bonds is 6. The zero-order chi connectivity index (χ0) is 15.1. The Morgan fingerprint density at radius 2 is 2.20 bits per heavy atom. The molecule has 1 N–H and O–H groups in total. The summed E-state index contributed by atoms with van der Waals surface area (Å²) < 4.78 is 20.5. The van der Waals surface area contributed by atoms with E-state index in [-0.39, 0.29) is 0 Å². The highest BCUT2D eigenvalue weighted by molar-refractivity contribution is 7.80. The number of allylic oxidation sites excluding steroid dienone is 2. The molecule has 1 rings (SSSR count). The molecule has 1 unspecified atom stereocenters. The minimum Gasteiger partial charge on any atom is -0.305 e. The summed E-state index contributed by atoms with van der Waals surface area (Å²) in [6.07, 6.45) is 8.71. The molecule has 0 spiro atoms. The summed E-state index contributed by atoms with van der Waals surface area (Å²) in [6, 6.07) is 0.411. The zero-order valence-corrected chi connectivity index (χ0v) is 13.7. The molecule has 0 amide bonds. The molecule has 0 fully saturated rings. The second kappa shape index (κ2) is 8.55. The lowest BCUT2D eigenvalue weighted by molar-refractivity contribution is 0.243. The summed E-state index contributed by atoms with van der Waals surface area (Å²) in [7, 11) is 0. The molecule has 0 heterocycles. The maximum atomic E-state index is 11.3. The molecule has 1 aliphatic rings. The van der Waals surface area contributed by atoms with Gasteiger partial charge in [-0.3, -0.25) is 4.90 Å². The fourth-order valence-electron chi connectivity index (χ4n) is 2.62.